The molecule has 0 amide bonds. The average molecular weight is 234 g/mol. The number of aliphatic imine (C=N–C) groups is 1. The number of aromatic amines is 1. The van der Waals surface area contributed by atoms with Gasteiger partial charge < -0.3 is 10.3 Å². The predicted octanol–water partition coefficient (Wildman–Crippen LogP) is 0.892. The molecule has 1 aliphatic heterocycles. The third-order valence-corrected chi connectivity index (χ3v) is 3.14. The standard InChI is InChI=1S/C12H20N5/c1-13-4-3-8-17(2)9-7-16-12(17)10-11-14-5-6-15-11/h5-7,9,13H,3-4,8,10H2,1-2H3,(H,14,15)/q+1. The Balaban J connectivity index is 1.97. The summed E-state index contributed by atoms with van der Waals surface area (Å²) in [5.41, 5.74) is 0. The highest BCUT2D eigenvalue weighted by Gasteiger charge is 2.30. The number of hydrogen-bond acceptors (Lipinski definition) is 3. The van der Waals surface area contributed by atoms with E-state index in [-0.39, 0.29) is 0 Å². The van der Waals surface area contributed by atoms with Crippen LogP contribution in [-0.4, -0.2) is 47.5 Å². The zero-order valence-corrected chi connectivity index (χ0v) is 10.5. The quantitative estimate of drug-likeness (QED) is 0.567. The summed E-state index contributed by atoms with van der Waals surface area (Å²) in [7, 11) is 4.18. The third kappa shape index (κ3) is 2.81. The molecule has 0 fully saturated rings. The van der Waals surface area contributed by atoms with Crippen molar-refractivity contribution in [2.45, 2.75) is 12.8 Å². The first-order chi connectivity index (χ1) is 8.24. The molecule has 92 valence electrons. The minimum absolute atomic E-state index is 0.788. The highest BCUT2D eigenvalue weighted by molar-refractivity contribution is 5.79. The lowest BCUT2D eigenvalue weighted by atomic mass is 10.2. The average Bonchev–Trinajstić information content (AvgIpc) is 2.92. The molecule has 1 aromatic heterocycles. The van der Waals surface area contributed by atoms with Crippen LogP contribution in [-0.2, 0) is 6.42 Å². The molecule has 0 radical (unpaired) electrons. The fourth-order valence-corrected chi connectivity index (χ4v) is 2.04. The molecule has 17 heavy (non-hydrogen) atoms. The Morgan fingerprint density at radius 3 is 3.06 bits per heavy atom. The first-order valence-electron chi connectivity index (χ1n) is 5.97. The van der Waals surface area contributed by atoms with E-state index >= 15 is 0 Å². The molecule has 5 heteroatoms. The van der Waals surface area contributed by atoms with Gasteiger partial charge in [0.25, 0.3) is 0 Å². The first-order valence-corrected chi connectivity index (χ1v) is 5.97. The second-order valence-corrected chi connectivity index (χ2v) is 4.50. The number of aromatic nitrogens is 2. The van der Waals surface area contributed by atoms with Crippen LogP contribution in [0.15, 0.2) is 29.8 Å². The lowest BCUT2D eigenvalue weighted by molar-refractivity contribution is -0.765. The molecule has 5 nitrogen and oxygen atoms in total. The molecule has 2 rings (SSSR count). The molecule has 1 atom stereocenters. The maximum Gasteiger partial charge on any atom is 0.215 e. The lowest BCUT2D eigenvalue weighted by Crippen LogP contribution is -2.45. The van der Waals surface area contributed by atoms with Gasteiger partial charge in [0, 0.05) is 25.4 Å². The van der Waals surface area contributed by atoms with E-state index in [2.05, 4.69) is 33.5 Å². The number of amidine groups is 1. The van der Waals surface area contributed by atoms with E-state index in [0.29, 0.717) is 0 Å². The number of nitrogens with one attached hydrogen (secondary N) is 2. The summed E-state index contributed by atoms with van der Waals surface area (Å²) in [4.78, 5) is 11.9. The molecular formula is C12H20N5+. The van der Waals surface area contributed by atoms with E-state index in [1.54, 1.807) is 6.20 Å². The summed E-state index contributed by atoms with van der Waals surface area (Å²) in [5.74, 6) is 2.13. The Morgan fingerprint density at radius 2 is 2.35 bits per heavy atom. The van der Waals surface area contributed by atoms with Crippen molar-refractivity contribution in [1.29, 1.82) is 0 Å². The monoisotopic (exact) mass is 234 g/mol. The van der Waals surface area contributed by atoms with Gasteiger partial charge in [-0.15, -0.1) is 0 Å². The van der Waals surface area contributed by atoms with E-state index in [4.69, 9.17) is 0 Å². The van der Waals surface area contributed by atoms with Crippen LogP contribution >= 0.6 is 0 Å². The van der Waals surface area contributed by atoms with Crippen molar-refractivity contribution in [3.05, 3.63) is 30.6 Å². The van der Waals surface area contributed by atoms with Gasteiger partial charge in [-0.1, -0.05) is 0 Å². The minimum Gasteiger partial charge on any atom is -0.348 e. The van der Waals surface area contributed by atoms with Crippen LogP contribution < -0.4 is 5.32 Å². The molecule has 0 bridgehead atoms. The zero-order valence-electron chi connectivity index (χ0n) is 10.5. The summed E-state index contributed by atoms with van der Waals surface area (Å²) in [6, 6.07) is 0. The largest absolute Gasteiger partial charge is 0.348 e. The Hall–Kier alpha value is -1.46. The molecule has 1 aromatic rings. The maximum atomic E-state index is 4.47. The first kappa shape index (κ1) is 12.0. The molecule has 1 unspecified atom stereocenters. The van der Waals surface area contributed by atoms with Crippen molar-refractivity contribution in [3.63, 3.8) is 0 Å². The molecule has 0 aliphatic carbocycles. The van der Waals surface area contributed by atoms with Crippen LogP contribution in [0.5, 0.6) is 0 Å². The predicted molar refractivity (Wildman–Crippen MR) is 68.5 cm³/mol. The van der Waals surface area contributed by atoms with Crippen LogP contribution in [0.25, 0.3) is 0 Å². The Labute approximate surface area is 102 Å². The van der Waals surface area contributed by atoms with Crippen LogP contribution in [0.4, 0.5) is 0 Å². The van der Waals surface area contributed by atoms with E-state index < -0.39 is 0 Å². The van der Waals surface area contributed by atoms with Crippen LogP contribution in [0.2, 0.25) is 0 Å². The molecule has 2 heterocycles. The van der Waals surface area contributed by atoms with Gasteiger partial charge in [0.15, 0.2) is 0 Å². The fourth-order valence-electron chi connectivity index (χ4n) is 2.04. The topological polar surface area (TPSA) is 53.1 Å². The van der Waals surface area contributed by atoms with Gasteiger partial charge in [-0.25, -0.2) is 9.98 Å². The van der Waals surface area contributed by atoms with Gasteiger partial charge in [0.2, 0.25) is 5.84 Å². The van der Waals surface area contributed by atoms with Crippen molar-refractivity contribution in [1.82, 2.24) is 15.3 Å². The second-order valence-electron chi connectivity index (χ2n) is 4.50. The summed E-state index contributed by atoms with van der Waals surface area (Å²) in [5, 5.41) is 3.18. The van der Waals surface area contributed by atoms with Crippen molar-refractivity contribution in [3.8, 4) is 0 Å². The normalized spacial score (nSPS) is 23.1. The van der Waals surface area contributed by atoms with Crippen LogP contribution in [0, 0.1) is 0 Å². The summed E-state index contributed by atoms with van der Waals surface area (Å²) in [6.45, 7) is 2.10. The second kappa shape index (κ2) is 5.25. The van der Waals surface area contributed by atoms with Gasteiger partial charge in [-0.05, 0) is 7.05 Å². The number of imidazole rings is 1. The molecule has 2 N–H and O–H groups in total. The third-order valence-electron chi connectivity index (χ3n) is 3.14. The molecule has 0 aromatic carbocycles. The molecule has 0 spiro atoms. The van der Waals surface area contributed by atoms with Crippen molar-refractivity contribution >= 4 is 5.84 Å². The Bertz CT molecular complexity index is 407. The van der Waals surface area contributed by atoms with E-state index in [9.17, 15) is 0 Å². The highest BCUT2D eigenvalue weighted by atomic mass is 15.4. The minimum atomic E-state index is 0.788. The number of likely N-dealkylation sites (N-methyl/N-ethyl adjacent to an activating group) is 1. The highest BCUT2D eigenvalue weighted by Crippen LogP contribution is 2.16. The summed E-state index contributed by atoms with van der Waals surface area (Å²) < 4.78 is 0.794. The van der Waals surface area contributed by atoms with Gasteiger partial charge in [0.05, 0.1) is 19.8 Å². The molecular weight excluding hydrogens is 214 g/mol. The van der Waals surface area contributed by atoms with Crippen molar-refractivity contribution in [2.24, 2.45) is 4.99 Å². The van der Waals surface area contributed by atoms with Crippen molar-refractivity contribution < 1.29 is 4.48 Å². The number of quaternary nitrogens is 1. The van der Waals surface area contributed by atoms with E-state index in [0.717, 1.165) is 42.1 Å². The smallest absolute Gasteiger partial charge is 0.215 e. The van der Waals surface area contributed by atoms with Crippen molar-refractivity contribution in [2.75, 3.05) is 27.2 Å². The van der Waals surface area contributed by atoms with Gasteiger partial charge in [-0.3, -0.25) is 4.48 Å². The number of hydrogen-bond donors (Lipinski definition) is 2. The Kier molecular flexibility index (Phi) is 3.71. The van der Waals surface area contributed by atoms with E-state index in [1.807, 2.05) is 19.4 Å². The zero-order chi connectivity index (χ0) is 12.1. The number of nitrogens with zero attached hydrogens (tertiary/aromatic N) is 3. The molecule has 0 saturated carbocycles. The lowest BCUT2D eigenvalue weighted by Gasteiger charge is -2.27. The summed E-state index contributed by atoms with van der Waals surface area (Å²) >= 11 is 0. The summed E-state index contributed by atoms with van der Waals surface area (Å²) in [6.07, 6.45) is 9.60. The Morgan fingerprint density at radius 1 is 1.47 bits per heavy atom. The SMILES string of the molecule is CNCCC[N+]1(C)C=CN=C1Cc1ncc[nH]1. The van der Waals surface area contributed by atoms with Crippen LogP contribution in [0.3, 0.4) is 0 Å². The van der Waals surface area contributed by atoms with Crippen LogP contribution in [0.1, 0.15) is 12.2 Å². The molecule has 1 aliphatic rings. The fraction of sp³-hybridized carbons (Fsp3) is 0.500. The molecule has 0 saturated heterocycles. The van der Waals surface area contributed by atoms with E-state index in [1.165, 1.54) is 0 Å². The van der Waals surface area contributed by atoms with Gasteiger partial charge in [-0.2, -0.15) is 0 Å². The van der Waals surface area contributed by atoms with Gasteiger partial charge in [0.1, 0.15) is 18.4 Å². The number of H-pyrrole nitrogens is 1. The maximum absolute atomic E-state index is 4.47. The van der Waals surface area contributed by atoms with Gasteiger partial charge >= 0.3 is 0 Å². The number of rotatable bonds is 6.